The first-order chi connectivity index (χ1) is 13.5. The first-order valence-electron chi connectivity index (χ1n) is 9.74. The summed E-state index contributed by atoms with van der Waals surface area (Å²) in [5.74, 6) is -0.309. The molecular formula is C20H28FN3O3S. The fraction of sp³-hybridized carbons (Fsp3) is 0.600. The topological polar surface area (TPSA) is 61.9 Å². The second-order valence-electron chi connectivity index (χ2n) is 7.40. The van der Waals surface area contributed by atoms with E-state index in [0.717, 1.165) is 32.8 Å². The van der Waals surface area contributed by atoms with Gasteiger partial charge in [-0.25, -0.2) is 4.39 Å². The second-order valence-corrected chi connectivity index (χ2v) is 8.51. The number of carbonyl (C=O) groups excluding carboxylic acids is 2. The van der Waals surface area contributed by atoms with Gasteiger partial charge in [-0.15, -0.1) is 11.8 Å². The number of amides is 2. The van der Waals surface area contributed by atoms with Gasteiger partial charge in [0.05, 0.1) is 13.2 Å². The number of thioether (sulfide) groups is 1. The zero-order valence-corrected chi connectivity index (χ0v) is 17.2. The van der Waals surface area contributed by atoms with Crippen LogP contribution in [0.25, 0.3) is 0 Å². The van der Waals surface area contributed by atoms with Gasteiger partial charge in [-0.1, -0.05) is 26.0 Å². The Morgan fingerprint density at radius 3 is 2.75 bits per heavy atom. The summed E-state index contributed by atoms with van der Waals surface area (Å²) in [6.45, 7) is 8.12. The Morgan fingerprint density at radius 1 is 1.32 bits per heavy atom. The Hall–Kier alpha value is -1.64. The van der Waals surface area contributed by atoms with Crippen molar-refractivity contribution in [3.63, 3.8) is 0 Å². The largest absolute Gasteiger partial charge is 0.379 e. The number of nitrogens with one attached hydrogen (secondary N) is 1. The number of rotatable bonds is 6. The maximum absolute atomic E-state index is 13.7. The molecular weight excluding hydrogens is 381 g/mol. The lowest BCUT2D eigenvalue weighted by atomic mass is 10.1. The van der Waals surface area contributed by atoms with Gasteiger partial charge in [-0.2, -0.15) is 0 Å². The molecule has 8 heteroatoms. The fourth-order valence-electron chi connectivity index (χ4n) is 3.47. The Labute approximate surface area is 169 Å². The maximum atomic E-state index is 13.7. The predicted molar refractivity (Wildman–Crippen MR) is 107 cm³/mol. The van der Waals surface area contributed by atoms with E-state index < -0.39 is 6.04 Å². The molecule has 2 heterocycles. The average Bonchev–Trinajstić information content (AvgIpc) is 3.13. The van der Waals surface area contributed by atoms with Crippen molar-refractivity contribution in [3.05, 3.63) is 35.6 Å². The summed E-state index contributed by atoms with van der Waals surface area (Å²) >= 11 is 1.51. The van der Waals surface area contributed by atoms with E-state index in [2.05, 4.69) is 10.2 Å². The monoisotopic (exact) mass is 409 g/mol. The average molecular weight is 410 g/mol. The van der Waals surface area contributed by atoms with Gasteiger partial charge in [0.2, 0.25) is 11.8 Å². The van der Waals surface area contributed by atoms with Crippen LogP contribution >= 0.6 is 11.8 Å². The van der Waals surface area contributed by atoms with Crippen LogP contribution in [0, 0.1) is 11.7 Å². The van der Waals surface area contributed by atoms with E-state index in [9.17, 15) is 14.0 Å². The first kappa shape index (κ1) is 21.1. The number of hydrogen-bond acceptors (Lipinski definition) is 5. The smallest absolute Gasteiger partial charge is 0.243 e. The summed E-state index contributed by atoms with van der Waals surface area (Å²) in [5, 5.41) is 2.63. The van der Waals surface area contributed by atoms with Crippen LogP contribution in [-0.2, 0) is 14.3 Å². The van der Waals surface area contributed by atoms with Crippen LogP contribution in [-0.4, -0.2) is 72.8 Å². The molecule has 1 N–H and O–H groups in total. The van der Waals surface area contributed by atoms with Crippen LogP contribution in [0.5, 0.6) is 0 Å². The quantitative estimate of drug-likeness (QED) is 0.777. The van der Waals surface area contributed by atoms with Gasteiger partial charge >= 0.3 is 0 Å². The van der Waals surface area contributed by atoms with E-state index >= 15 is 0 Å². The molecule has 1 aromatic carbocycles. The van der Waals surface area contributed by atoms with Crippen molar-refractivity contribution in [1.82, 2.24) is 15.1 Å². The summed E-state index contributed by atoms with van der Waals surface area (Å²) in [6.07, 6.45) is 0. The van der Waals surface area contributed by atoms with Crippen molar-refractivity contribution in [3.8, 4) is 0 Å². The van der Waals surface area contributed by atoms with Crippen LogP contribution in [0.1, 0.15) is 24.8 Å². The molecule has 2 atom stereocenters. The highest BCUT2D eigenvalue weighted by Crippen LogP contribution is 2.42. The lowest BCUT2D eigenvalue weighted by Gasteiger charge is -2.31. The van der Waals surface area contributed by atoms with Gasteiger partial charge in [0.25, 0.3) is 0 Å². The van der Waals surface area contributed by atoms with Crippen molar-refractivity contribution in [1.29, 1.82) is 0 Å². The molecule has 6 nitrogen and oxygen atoms in total. The lowest BCUT2D eigenvalue weighted by molar-refractivity contribution is -0.142. The summed E-state index contributed by atoms with van der Waals surface area (Å²) in [5.41, 5.74) is 0.711. The van der Waals surface area contributed by atoms with Crippen LogP contribution < -0.4 is 5.32 Å². The molecule has 154 valence electrons. The molecule has 2 aliphatic heterocycles. The Bertz CT molecular complexity index is 697. The molecule has 2 fully saturated rings. The standard InChI is InChI=1S/C20H28FN3O3S/c1-14(2)19(26)24-17(13-28-20(24)15-4-3-5-16(21)12-15)18(25)22-6-7-23-8-10-27-11-9-23/h3-5,12,14,17,20H,6-11,13H2,1-2H3,(H,22,25). The third kappa shape index (κ3) is 5.04. The number of morpholine rings is 1. The number of carbonyl (C=O) groups is 2. The van der Waals surface area contributed by atoms with Crippen LogP contribution in [0.2, 0.25) is 0 Å². The zero-order valence-electron chi connectivity index (χ0n) is 16.4. The molecule has 2 amide bonds. The van der Waals surface area contributed by atoms with Crippen molar-refractivity contribution < 1.29 is 18.7 Å². The molecule has 2 saturated heterocycles. The third-order valence-corrected chi connectivity index (χ3v) is 6.34. The number of hydrogen-bond donors (Lipinski definition) is 1. The molecule has 2 unspecified atom stereocenters. The van der Waals surface area contributed by atoms with E-state index in [1.54, 1.807) is 17.0 Å². The maximum Gasteiger partial charge on any atom is 0.243 e. The van der Waals surface area contributed by atoms with E-state index in [-0.39, 0.29) is 28.9 Å². The van der Waals surface area contributed by atoms with E-state index in [4.69, 9.17) is 4.74 Å². The highest BCUT2D eigenvalue weighted by Gasteiger charge is 2.42. The van der Waals surface area contributed by atoms with Crippen molar-refractivity contribution in [2.24, 2.45) is 5.92 Å². The van der Waals surface area contributed by atoms with Gasteiger partial charge < -0.3 is 15.0 Å². The van der Waals surface area contributed by atoms with Gasteiger partial charge in [-0.3, -0.25) is 14.5 Å². The van der Waals surface area contributed by atoms with Gasteiger partial charge in [-0.05, 0) is 17.7 Å². The zero-order chi connectivity index (χ0) is 20.1. The van der Waals surface area contributed by atoms with Gasteiger partial charge in [0.15, 0.2) is 0 Å². The summed E-state index contributed by atoms with van der Waals surface area (Å²) < 4.78 is 19.0. The van der Waals surface area contributed by atoms with Crippen molar-refractivity contribution in [2.75, 3.05) is 45.1 Å². The van der Waals surface area contributed by atoms with Gasteiger partial charge in [0, 0.05) is 37.8 Å². The fourth-order valence-corrected chi connectivity index (χ4v) is 4.90. The van der Waals surface area contributed by atoms with Crippen LogP contribution in [0.4, 0.5) is 4.39 Å². The van der Waals surface area contributed by atoms with E-state index in [1.165, 1.54) is 23.9 Å². The SMILES string of the molecule is CC(C)C(=O)N1C(C(=O)NCCN2CCOCC2)CSC1c1cccc(F)c1. The van der Waals surface area contributed by atoms with E-state index in [1.807, 2.05) is 13.8 Å². The molecule has 0 aromatic heterocycles. The predicted octanol–water partition coefficient (Wildman–Crippen LogP) is 1.87. The van der Waals surface area contributed by atoms with Crippen LogP contribution in [0.15, 0.2) is 24.3 Å². The number of ether oxygens (including phenoxy) is 1. The molecule has 0 aliphatic carbocycles. The molecule has 0 bridgehead atoms. The number of halogens is 1. The lowest BCUT2D eigenvalue weighted by Crippen LogP contribution is -2.50. The summed E-state index contributed by atoms with van der Waals surface area (Å²) in [6, 6.07) is 5.72. The minimum Gasteiger partial charge on any atom is -0.379 e. The Balaban J connectivity index is 1.66. The van der Waals surface area contributed by atoms with Gasteiger partial charge in [0.1, 0.15) is 17.2 Å². The molecule has 3 rings (SSSR count). The Morgan fingerprint density at radius 2 is 2.07 bits per heavy atom. The Kier molecular flexibility index (Phi) is 7.31. The van der Waals surface area contributed by atoms with Crippen LogP contribution in [0.3, 0.4) is 0 Å². The normalized spacial score (nSPS) is 23.2. The number of benzene rings is 1. The third-order valence-electron chi connectivity index (χ3n) is 5.02. The van der Waals surface area contributed by atoms with E-state index in [0.29, 0.717) is 17.9 Å². The number of nitrogens with zero attached hydrogens (tertiary/aromatic N) is 2. The van der Waals surface area contributed by atoms with Crippen molar-refractivity contribution >= 4 is 23.6 Å². The summed E-state index contributed by atoms with van der Waals surface area (Å²) in [7, 11) is 0. The summed E-state index contributed by atoms with van der Waals surface area (Å²) in [4.78, 5) is 29.6. The van der Waals surface area contributed by atoms with Crippen molar-refractivity contribution in [2.45, 2.75) is 25.3 Å². The molecule has 2 aliphatic rings. The highest BCUT2D eigenvalue weighted by atomic mass is 32.2. The molecule has 0 saturated carbocycles. The molecule has 28 heavy (non-hydrogen) atoms. The minimum absolute atomic E-state index is 0.0902. The molecule has 0 radical (unpaired) electrons. The minimum atomic E-state index is -0.544. The highest BCUT2D eigenvalue weighted by molar-refractivity contribution is 7.99. The first-order valence-corrected chi connectivity index (χ1v) is 10.8. The molecule has 1 aromatic rings. The second kappa shape index (κ2) is 9.71. The molecule has 0 spiro atoms.